The van der Waals surface area contributed by atoms with E-state index < -0.39 is 0 Å². The third-order valence-corrected chi connectivity index (χ3v) is 2.98. The van der Waals surface area contributed by atoms with E-state index in [-0.39, 0.29) is 0 Å². The van der Waals surface area contributed by atoms with Crippen molar-refractivity contribution in [2.75, 3.05) is 5.33 Å². The molecule has 0 aliphatic carbocycles. The van der Waals surface area contributed by atoms with E-state index in [9.17, 15) is 0 Å². The van der Waals surface area contributed by atoms with Crippen molar-refractivity contribution in [2.45, 2.75) is 65.2 Å². The molecule has 80 valence electrons. The van der Waals surface area contributed by atoms with Gasteiger partial charge in [0.25, 0.3) is 0 Å². The van der Waals surface area contributed by atoms with Crippen LogP contribution in [0, 0.1) is 5.92 Å². The molecule has 0 nitrogen and oxygen atoms in total. The summed E-state index contributed by atoms with van der Waals surface area (Å²) >= 11 is 3.46. The van der Waals surface area contributed by atoms with E-state index in [0.29, 0.717) is 0 Å². The predicted octanol–water partition coefficient (Wildman–Crippen LogP) is 5.16. The van der Waals surface area contributed by atoms with Crippen LogP contribution >= 0.6 is 15.9 Å². The van der Waals surface area contributed by atoms with Crippen molar-refractivity contribution >= 4 is 15.9 Å². The summed E-state index contributed by atoms with van der Waals surface area (Å²) in [4.78, 5) is 0. The van der Waals surface area contributed by atoms with Crippen LogP contribution in [0.1, 0.15) is 65.2 Å². The molecule has 0 rings (SSSR count). The second-order valence-corrected chi connectivity index (χ2v) is 5.14. The maximum absolute atomic E-state index is 3.46. The summed E-state index contributed by atoms with van der Waals surface area (Å²) in [5, 5.41) is 1.18. The molecule has 0 aromatic heterocycles. The number of unbranched alkanes of at least 4 members (excludes halogenated alkanes) is 6. The Morgan fingerprint density at radius 3 is 1.69 bits per heavy atom. The summed E-state index contributed by atoms with van der Waals surface area (Å²) < 4.78 is 0. The molecule has 0 atom stereocenters. The van der Waals surface area contributed by atoms with Crippen LogP contribution in [-0.2, 0) is 0 Å². The second kappa shape index (κ2) is 10.6. The van der Waals surface area contributed by atoms with Gasteiger partial charge in [-0.3, -0.25) is 0 Å². The minimum atomic E-state index is 0.897. The molecular weight excluding hydrogens is 224 g/mol. The summed E-state index contributed by atoms with van der Waals surface area (Å²) in [6, 6.07) is 0. The van der Waals surface area contributed by atoms with Crippen molar-refractivity contribution in [1.82, 2.24) is 0 Å². The van der Waals surface area contributed by atoms with E-state index in [0.717, 1.165) is 5.92 Å². The molecule has 0 aliphatic heterocycles. The maximum atomic E-state index is 3.46. The topological polar surface area (TPSA) is 0 Å². The lowest BCUT2D eigenvalue weighted by atomic mass is 10.0. The fourth-order valence-electron chi connectivity index (χ4n) is 1.53. The predicted molar refractivity (Wildman–Crippen MR) is 65.6 cm³/mol. The summed E-state index contributed by atoms with van der Waals surface area (Å²) in [6.07, 6.45) is 11.4. The van der Waals surface area contributed by atoms with Crippen molar-refractivity contribution in [3.63, 3.8) is 0 Å². The standard InChI is InChI=1S/C12H25Br/c1-12(2)10-8-6-4-3-5-7-9-11-13/h12H,3-11H2,1-2H3. The number of hydrogen-bond acceptors (Lipinski definition) is 0. The molecule has 0 spiro atoms. The second-order valence-electron chi connectivity index (χ2n) is 4.35. The van der Waals surface area contributed by atoms with Gasteiger partial charge in [0.05, 0.1) is 0 Å². The minimum absolute atomic E-state index is 0.897. The van der Waals surface area contributed by atoms with Crippen LogP contribution in [0.25, 0.3) is 0 Å². The zero-order valence-electron chi connectivity index (χ0n) is 9.32. The fraction of sp³-hybridized carbons (Fsp3) is 1.00. The molecule has 0 aliphatic rings. The Hall–Kier alpha value is 0.480. The van der Waals surface area contributed by atoms with Crippen LogP contribution in [0.5, 0.6) is 0 Å². The average molecular weight is 249 g/mol. The van der Waals surface area contributed by atoms with E-state index >= 15 is 0 Å². The highest BCUT2D eigenvalue weighted by Crippen LogP contribution is 2.12. The average Bonchev–Trinajstić information content (AvgIpc) is 2.09. The van der Waals surface area contributed by atoms with Gasteiger partial charge in [-0.2, -0.15) is 0 Å². The van der Waals surface area contributed by atoms with E-state index in [1.165, 1.54) is 56.7 Å². The van der Waals surface area contributed by atoms with Crippen molar-refractivity contribution < 1.29 is 0 Å². The highest BCUT2D eigenvalue weighted by molar-refractivity contribution is 9.09. The molecule has 13 heavy (non-hydrogen) atoms. The molecule has 0 N–H and O–H groups in total. The lowest BCUT2D eigenvalue weighted by molar-refractivity contribution is 0.511. The Labute approximate surface area is 92.6 Å². The molecule has 0 aromatic rings. The fourth-order valence-corrected chi connectivity index (χ4v) is 1.93. The lowest BCUT2D eigenvalue weighted by Crippen LogP contribution is -1.87. The number of hydrogen-bond donors (Lipinski definition) is 0. The first-order valence-electron chi connectivity index (χ1n) is 5.83. The van der Waals surface area contributed by atoms with Crippen LogP contribution in [0.2, 0.25) is 0 Å². The molecule has 0 unspecified atom stereocenters. The molecule has 0 bridgehead atoms. The third kappa shape index (κ3) is 12.5. The number of rotatable bonds is 9. The quantitative estimate of drug-likeness (QED) is 0.391. The van der Waals surface area contributed by atoms with Crippen molar-refractivity contribution in [2.24, 2.45) is 5.92 Å². The lowest BCUT2D eigenvalue weighted by Gasteiger charge is -2.03. The van der Waals surface area contributed by atoms with E-state index in [1.54, 1.807) is 0 Å². The van der Waals surface area contributed by atoms with Gasteiger partial charge < -0.3 is 0 Å². The minimum Gasteiger partial charge on any atom is -0.0928 e. The normalized spacial score (nSPS) is 11.1. The summed E-state index contributed by atoms with van der Waals surface area (Å²) in [7, 11) is 0. The summed E-state index contributed by atoms with van der Waals surface area (Å²) in [5.41, 5.74) is 0. The zero-order chi connectivity index (χ0) is 9.94. The zero-order valence-corrected chi connectivity index (χ0v) is 10.9. The summed E-state index contributed by atoms with van der Waals surface area (Å²) in [5.74, 6) is 0.897. The highest BCUT2D eigenvalue weighted by atomic mass is 79.9. The molecule has 0 fully saturated rings. The Morgan fingerprint density at radius 2 is 1.23 bits per heavy atom. The maximum Gasteiger partial charge on any atom is 0.00313 e. The van der Waals surface area contributed by atoms with E-state index in [4.69, 9.17) is 0 Å². The molecular formula is C12H25Br. The molecule has 1 heteroatoms. The Balaban J connectivity index is 2.84. The monoisotopic (exact) mass is 248 g/mol. The van der Waals surface area contributed by atoms with Crippen molar-refractivity contribution in [1.29, 1.82) is 0 Å². The van der Waals surface area contributed by atoms with Gasteiger partial charge in [-0.1, -0.05) is 74.7 Å². The Kier molecular flexibility index (Phi) is 11.0. The van der Waals surface area contributed by atoms with Gasteiger partial charge in [0.15, 0.2) is 0 Å². The van der Waals surface area contributed by atoms with Gasteiger partial charge >= 0.3 is 0 Å². The molecule has 0 heterocycles. The van der Waals surface area contributed by atoms with Crippen molar-refractivity contribution in [3.8, 4) is 0 Å². The van der Waals surface area contributed by atoms with Gasteiger partial charge in [-0.15, -0.1) is 0 Å². The van der Waals surface area contributed by atoms with E-state index in [2.05, 4.69) is 29.8 Å². The first-order chi connectivity index (χ1) is 6.27. The van der Waals surface area contributed by atoms with Crippen LogP contribution in [0.3, 0.4) is 0 Å². The SMILES string of the molecule is CC(C)CCCCCCCCCBr. The van der Waals surface area contributed by atoms with Crippen molar-refractivity contribution in [3.05, 3.63) is 0 Å². The van der Waals surface area contributed by atoms with Crippen LogP contribution in [0.15, 0.2) is 0 Å². The Bertz CT molecular complexity index is 89.1. The number of halogens is 1. The largest absolute Gasteiger partial charge is 0.0928 e. The molecule has 0 aromatic carbocycles. The van der Waals surface area contributed by atoms with Crippen LogP contribution in [0.4, 0.5) is 0 Å². The van der Waals surface area contributed by atoms with Gasteiger partial charge in [0.2, 0.25) is 0 Å². The molecule has 0 saturated heterocycles. The highest BCUT2D eigenvalue weighted by Gasteiger charge is 1.94. The molecule has 0 amide bonds. The first-order valence-corrected chi connectivity index (χ1v) is 6.95. The molecule has 0 radical (unpaired) electrons. The third-order valence-electron chi connectivity index (χ3n) is 2.42. The van der Waals surface area contributed by atoms with Crippen LogP contribution < -0.4 is 0 Å². The Morgan fingerprint density at radius 1 is 0.769 bits per heavy atom. The summed E-state index contributed by atoms with van der Waals surface area (Å²) in [6.45, 7) is 4.63. The van der Waals surface area contributed by atoms with Gasteiger partial charge in [0.1, 0.15) is 0 Å². The van der Waals surface area contributed by atoms with Gasteiger partial charge in [-0.05, 0) is 12.3 Å². The smallest absolute Gasteiger partial charge is 0.00313 e. The molecule has 0 saturated carbocycles. The van der Waals surface area contributed by atoms with Gasteiger partial charge in [0, 0.05) is 5.33 Å². The number of alkyl halides is 1. The first kappa shape index (κ1) is 13.5. The van der Waals surface area contributed by atoms with Gasteiger partial charge in [-0.25, -0.2) is 0 Å². The van der Waals surface area contributed by atoms with E-state index in [1.807, 2.05) is 0 Å². The van der Waals surface area contributed by atoms with Crippen LogP contribution in [-0.4, -0.2) is 5.33 Å².